The minimum Gasteiger partial charge on any atom is -0.477 e. The van der Waals surface area contributed by atoms with Crippen LogP contribution in [0.15, 0.2) is 10.9 Å². The Kier molecular flexibility index (Phi) is 2.50. The fourth-order valence-electron chi connectivity index (χ4n) is 0.876. The van der Waals surface area contributed by atoms with Crippen molar-refractivity contribution in [3.05, 3.63) is 27.7 Å². The smallest absolute Gasteiger partial charge is 0.354 e. The normalized spacial score (nSPS) is 10.5. The van der Waals surface area contributed by atoms with Crippen LogP contribution in [0.3, 0.4) is 0 Å². The molecule has 0 bridgehead atoms. The molecule has 0 aliphatic rings. The Morgan fingerprint density at radius 1 is 1.57 bits per heavy atom. The van der Waals surface area contributed by atoms with Crippen LogP contribution in [0.5, 0.6) is 0 Å². The van der Waals surface area contributed by atoms with Crippen LogP contribution in [0.2, 0.25) is 0 Å². The van der Waals surface area contributed by atoms with E-state index in [0.29, 0.717) is 6.07 Å². The summed E-state index contributed by atoms with van der Waals surface area (Å²) < 4.78 is 24.2. The van der Waals surface area contributed by atoms with Gasteiger partial charge in [0.05, 0.1) is 5.69 Å². The number of alkyl halides is 2. The Hall–Kier alpha value is -1.92. The molecule has 1 aromatic rings. The third-order valence-electron chi connectivity index (χ3n) is 1.54. The average Bonchev–Trinajstić information content (AvgIpc) is 2.08. The number of hydrogen-bond donors (Lipinski definition) is 3. The molecule has 1 aromatic heterocycles. The zero-order valence-electron chi connectivity index (χ0n) is 6.75. The Balaban J connectivity index is 3.43. The second-order valence-corrected chi connectivity index (χ2v) is 2.48. The molecule has 0 unspecified atom stereocenters. The van der Waals surface area contributed by atoms with Crippen molar-refractivity contribution in [2.75, 3.05) is 5.73 Å². The fourth-order valence-corrected chi connectivity index (χ4v) is 0.876. The molecule has 0 aromatic carbocycles. The molecule has 0 aliphatic carbocycles. The van der Waals surface area contributed by atoms with Crippen molar-refractivity contribution in [3.8, 4) is 0 Å². The average molecular weight is 204 g/mol. The summed E-state index contributed by atoms with van der Waals surface area (Å²) in [6.07, 6.45) is -2.94. The van der Waals surface area contributed by atoms with Gasteiger partial charge in [0.15, 0.2) is 5.69 Å². The van der Waals surface area contributed by atoms with E-state index in [0.717, 1.165) is 0 Å². The number of nitrogen functional groups attached to an aromatic ring is 1. The van der Waals surface area contributed by atoms with Gasteiger partial charge in [-0.05, 0) is 0 Å². The maximum atomic E-state index is 12.1. The van der Waals surface area contributed by atoms with Gasteiger partial charge >= 0.3 is 5.97 Å². The number of nitrogens with two attached hydrogens (primary N) is 1. The highest BCUT2D eigenvalue weighted by atomic mass is 19.3. The number of carbonyl (C=O) groups is 1. The molecule has 7 heteroatoms. The standard InChI is InChI=1S/C7H6F2N2O3/c8-6(9)2-1-3(12)4(10)5(11-2)7(13)14/h1,6H,10H2,(H,11,12)(H,13,14). The number of H-pyrrole nitrogens is 1. The number of aromatic nitrogens is 1. The van der Waals surface area contributed by atoms with Gasteiger partial charge in [0.1, 0.15) is 5.69 Å². The van der Waals surface area contributed by atoms with Gasteiger partial charge in [0.25, 0.3) is 6.43 Å². The lowest BCUT2D eigenvalue weighted by Crippen LogP contribution is -2.17. The quantitative estimate of drug-likeness (QED) is 0.656. The minimum atomic E-state index is -2.94. The number of pyridine rings is 1. The molecule has 0 spiro atoms. The van der Waals surface area contributed by atoms with Crippen molar-refractivity contribution in [1.29, 1.82) is 0 Å². The molecule has 0 saturated carbocycles. The molecule has 1 rings (SSSR count). The molecule has 14 heavy (non-hydrogen) atoms. The van der Waals surface area contributed by atoms with Crippen LogP contribution in [0.25, 0.3) is 0 Å². The zero-order valence-corrected chi connectivity index (χ0v) is 6.75. The van der Waals surface area contributed by atoms with Gasteiger partial charge in [-0.1, -0.05) is 0 Å². The van der Waals surface area contributed by atoms with Gasteiger partial charge in [0.2, 0.25) is 5.43 Å². The first-order chi connectivity index (χ1) is 6.43. The Labute approximate surface area is 76.2 Å². The van der Waals surface area contributed by atoms with E-state index in [2.05, 4.69) is 0 Å². The second kappa shape index (κ2) is 3.44. The molecule has 0 aliphatic heterocycles. The van der Waals surface area contributed by atoms with Gasteiger partial charge in [-0.3, -0.25) is 4.79 Å². The summed E-state index contributed by atoms with van der Waals surface area (Å²) in [6.45, 7) is 0. The number of aromatic carboxylic acids is 1. The van der Waals surface area contributed by atoms with Crippen molar-refractivity contribution in [1.82, 2.24) is 4.98 Å². The summed E-state index contributed by atoms with van der Waals surface area (Å²) in [5.74, 6) is -1.55. The number of nitrogens with one attached hydrogen (secondary N) is 1. The van der Waals surface area contributed by atoms with Crippen LogP contribution in [-0.2, 0) is 0 Å². The molecular weight excluding hydrogens is 198 g/mol. The highest BCUT2D eigenvalue weighted by Gasteiger charge is 2.16. The van der Waals surface area contributed by atoms with Crippen LogP contribution >= 0.6 is 0 Å². The molecule has 0 saturated heterocycles. The molecule has 0 atom stereocenters. The minimum absolute atomic E-state index is 0.576. The summed E-state index contributed by atoms with van der Waals surface area (Å²) in [5.41, 5.74) is 2.09. The van der Waals surface area contributed by atoms with Gasteiger partial charge in [-0.15, -0.1) is 0 Å². The number of halogens is 2. The topological polar surface area (TPSA) is 96.2 Å². The molecular formula is C7H6F2N2O3. The number of anilines is 1. The predicted octanol–water partition coefficient (Wildman–Crippen LogP) is 0.593. The van der Waals surface area contributed by atoms with E-state index in [-0.39, 0.29) is 0 Å². The zero-order chi connectivity index (χ0) is 10.9. The lowest BCUT2D eigenvalue weighted by molar-refractivity contribution is 0.0690. The van der Waals surface area contributed by atoms with E-state index >= 15 is 0 Å². The van der Waals surface area contributed by atoms with Gasteiger partial charge in [0, 0.05) is 6.07 Å². The number of aromatic amines is 1. The number of hydrogen-bond acceptors (Lipinski definition) is 3. The number of carboxylic acid groups (broad SMARTS) is 1. The lowest BCUT2D eigenvalue weighted by atomic mass is 10.2. The number of carboxylic acids is 1. The van der Waals surface area contributed by atoms with Crippen molar-refractivity contribution in [2.45, 2.75) is 6.43 Å². The maximum Gasteiger partial charge on any atom is 0.354 e. The van der Waals surface area contributed by atoms with E-state index in [4.69, 9.17) is 10.8 Å². The van der Waals surface area contributed by atoms with E-state index < -0.39 is 34.9 Å². The Morgan fingerprint density at radius 2 is 2.14 bits per heavy atom. The number of rotatable bonds is 2. The van der Waals surface area contributed by atoms with Crippen LogP contribution in [0.4, 0.5) is 14.5 Å². The second-order valence-electron chi connectivity index (χ2n) is 2.48. The summed E-state index contributed by atoms with van der Waals surface area (Å²) in [4.78, 5) is 23.3. The summed E-state index contributed by atoms with van der Waals surface area (Å²) in [6, 6.07) is 0.576. The van der Waals surface area contributed by atoms with Crippen molar-refractivity contribution in [2.24, 2.45) is 0 Å². The van der Waals surface area contributed by atoms with Crippen LogP contribution in [0, 0.1) is 0 Å². The van der Waals surface area contributed by atoms with Crippen molar-refractivity contribution in [3.63, 3.8) is 0 Å². The first-order valence-corrected chi connectivity index (χ1v) is 3.47. The van der Waals surface area contributed by atoms with Crippen molar-refractivity contribution < 1.29 is 18.7 Å². The highest BCUT2D eigenvalue weighted by Crippen LogP contribution is 2.16. The van der Waals surface area contributed by atoms with Crippen LogP contribution < -0.4 is 11.2 Å². The first-order valence-electron chi connectivity index (χ1n) is 3.47. The van der Waals surface area contributed by atoms with Crippen LogP contribution in [-0.4, -0.2) is 16.1 Å². The Bertz CT molecular complexity index is 427. The first kappa shape index (κ1) is 10.2. The van der Waals surface area contributed by atoms with Gasteiger partial charge in [-0.2, -0.15) is 0 Å². The highest BCUT2D eigenvalue weighted by molar-refractivity contribution is 5.91. The third kappa shape index (κ3) is 1.70. The summed E-state index contributed by atoms with van der Waals surface area (Å²) in [5, 5.41) is 8.50. The summed E-state index contributed by atoms with van der Waals surface area (Å²) in [7, 11) is 0. The van der Waals surface area contributed by atoms with Crippen molar-refractivity contribution >= 4 is 11.7 Å². The van der Waals surface area contributed by atoms with E-state index in [9.17, 15) is 18.4 Å². The van der Waals surface area contributed by atoms with Crippen LogP contribution in [0.1, 0.15) is 22.6 Å². The maximum absolute atomic E-state index is 12.1. The fraction of sp³-hybridized carbons (Fsp3) is 0.143. The van der Waals surface area contributed by atoms with Gasteiger partial charge in [-0.25, -0.2) is 13.6 Å². The lowest BCUT2D eigenvalue weighted by Gasteiger charge is -2.04. The molecule has 5 nitrogen and oxygen atoms in total. The van der Waals surface area contributed by atoms with Gasteiger partial charge < -0.3 is 15.8 Å². The largest absolute Gasteiger partial charge is 0.477 e. The SMILES string of the molecule is Nc1c(C(=O)O)[nH]c(C(F)F)cc1=O. The molecule has 1 heterocycles. The van der Waals surface area contributed by atoms with E-state index in [1.54, 1.807) is 0 Å². The Morgan fingerprint density at radius 3 is 2.57 bits per heavy atom. The molecule has 0 radical (unpaired) electrons. The van der Waals surface area contributed by atoms with E-state index in [1.807, 2.05) is 4.98 Å². The third-order valence-corrected chi connectivity index (χ3v) is 1.54. The molecule has 76 valence electrons. The summed E-state index contributed by atoms with van der Waals surface area (Å²) >= 11 is 0. The molecule has 4 N–H and O–H groups in total. The molecule has 0 amide bonds. The monoisotopic (exact) mass is 204 g/mol. The molecule has 0 fully saturated rings. The predicted molar refractivity (Wildman–Crippen MR) is 43.4 cm³/mol. The van der Waals surface area contributed by atoms with E-state index in [1.165, 1.54) is 0 Å².